The summed E-state index contributed by atoms with van der Waals surface area (Å²) < 4.78 is 13.6. The summed E-state index contributed by atoms with van der Waals surface area (Å²) in [7, 11) is 0. The Bertz CT molecular complexity index is 838. The molecule has 0 saturated carbocycles. The smallest absolute Gasteiger partial charge is 0.336 e. The lowest BCUT2D eigenvalue weighted by Crippen LogP contribution is -2.16. The summed E-state index contributed by atoms with van der Waals surface area (Å²) in [5.41, 5.74) is 2.15. The van der Waals surface area contributed by atoms with E-state index in [0.717, 1.165) is 0 Å². The van der Waals surface area contributed by atoms with Crippen LogP contribution in [-0.4, -0.2) is 22.2 Å². The second-order valence-corrected chi connectivity index (χ2v) is 7.06. The summed E-state index contributed by atoms with van der Waals surface area (Å²) in [6.07, 6.45) is 0. The standard InChI is InChI=1S/C21H23FO4/c1-10(2)15-9-16(11(3)4)19(21(25)26)17(18(15)20(23)24)14-7-6-13(22)8-12(14)5/h6-11H,1-5H3,(H,23,24)(H,25,26). The minimum Gasteiger partial charge on any atom is -0.478 e. The molecule has 2 aromatic rings. The van der Waals surface area contributed by atoms with Gasteiger partial charge in [-0.3, -0.25) is 0 Å². The summed E-state index contributed by atoms with van der Waals surface area (Å²) in [6, 6.07) is 5.64. The molecule has 0 atom stereocenters. The number of carboxylic acid groups (broad SMARTS) is 2. The van der Waals surface area contributed by atoms with E-state index in [1.165, 1.54) is 18.2 Å². The van der Waals surface area contributed by atoms with Gasteiger partial charge in [0.1, 0.15) is 5.82 Å². The number of aromatic carboxylic acids is 2. The van der Waals surface area contributed by atoms with Crippen LogP contribution in [0.25, 0.3) is 11.1 Å². The molecule has 2 rings (SSSR count). The molecule has 0 aliphatic carbocycles. The molecule has 4 nitrogen and oxygen atoms in total. The van der Waals surface area contributed by atoms with Crippen LogP contribution in [0.4, 0.5) is 4.39 Å². The van der Waals surface area contributed by atoms with Gasteiger partial charge in [-0.05, 0) is 53.1 Å². The second kappa shape index (κ2) is 7.28. The fourth-order valence-electron chi connectivity index (χ4n) is 3.27. The first-order valence-corrected chi connectivity index (χ1v) is 8.50. The lowest BCUT2D eigenvalue weighted by atomic mass is 9.80. The Morgan fingerprint density at radius 1 is 0.885 bits per heavy atom. The monoisotopic (exact) mass is 358 g/mol. The SMILES string of the molecule is Cc1cc(F)ccc1-c1c(C(=O)O)c(C(C)C)cc(C(C)C)c1C(=O)O. The number of aryl methyl sites for hydroxylation is 1. The third kappa shape index (κ3) is 3.47. The molecule has 2 aromatic carbocycles. The van der Waals surface area contributed by atoms with Gasteiger partial charge in [0.2, 0.25) is 0 Å². The molecular formula is C21H23FO4. The van der Waals surface area contributed by atoms with Crippen molar-refractivity contribution in [2.75, 3.05) is 0 Å². The van der Waals surface area contributed by atoms with E-state index < -0.39 is 17.8 Å². The fourth-order valence-corrected chi connectivity index (χ4v) is 3.27. The summed E-state index contributed by atoms with van der Waals surface area (Å²) in [5, 5.41) is 19.7. The Kier molecular flexibility index (Phi) is 5.50. The van der Waals surface area contributed by atoms with Crippen LogP contribution in [0.2, 0.25) is 0 Å². The van der Waals surface area contributed by atoms with Crippen molar-refractivity contribution in [1.82, 2.24) is 0 Å². The van der Waals surface area contributed by atoms with Gasteiger partial charge < -0.3 is 10.2 Å². The minimum absolute atomic E-state index is 0.0310. The maximum absolute atomic E-state index is 13.6. The van der Waals surface area contributed by atoms with Crippen molar-refractivity contribution in [2.24, 2.45) is 0 Å². The zero-order valence-corrected chi connectivity index (χ0v) is 15.6. The van der Waals surface area contributed by atoms with Crippen LogP contribution in [0, 0.1) is 12.7 Å². The zero-order chi connectivity index (χ0) is 19.8. The molecule has 0 saturated heterocycles. The normalized spacial score (nSPS) is 11.2. The molecule has 5 heteroatoms. The van der Waals surface area contributed by atoms with Gasteiger partial charge in [-0.1, -0.05) is 39.8 Å². The number of carboxylic acids is 2. The molecule has 138 valence electrons. The molecule has 0 aliphatic heterocycles. The van der Waals surface area contributed by atoms with Gasteiger partial charge in [-0.25, -0.2) is 14.0 Å². The maximum atomic E-state index is 13.6. The quantitative estimate of drug-likeness (QED) is 0.746. The predicted octanol–water partition coefficient (Wildman–Crippen LogP) is 5.44. The van der Waals surface area contributed by atoms with Crippen molar-refractivity contribution in [3.8, 4) is 11.1 Å². The third-order valence-electron chi connectivity index (χ3n) is 4.52. The predicted molar refractivity (Wildman–Crippen MR) is 98.7 cm³/mol. The second-order valence-electron chi connectivity index (χ2n) is 7.06. The highest BCUT2D eigenvalue weighted by Gasteiger charge is 2.29. The highest BCUT2D eigenvalue weighted by atomic mass is 19.1. The Morgan fingerprint density at radius 2 is 1.35 bits per heavy atom. The van der Waals surface area contributed by atoms with Gasteiger partial charge in [0.05, 0.1) is 11.1 Å². The largest absolute Gasteiger partial charge is 0.478 e. The number of hydrogen-bond donors (Lipinski definition) is 2. The van der Waals surface area contributed by atoms with Crippen molar-refractivity contribution in [3.05, 3.63) is 57.9 Å². The van der Waals surface area contributed by atoms with E-state index in [1.54, 1.807) is 13.0 Å². The molecule has 0 radical (unpaired) electrons. The van der Waals surface area contributed by atoms with E-state index in [-0.39, 0.29) is 28.5 Å². The van der Waals surface area contributed by atoms with Crippen molar-refractivity contribution in [1.29, 1.82) is 0 Å². The van der Waals surface area contributed by atoms with Gasteiger partial charge in [0, 0.05) is 5.56 Å². The Morgan fingerprint density at radius 3 is 1.69 bits per heavy atom. The average Bonchev–Trinajstić information content (AvgIpc) is 2.52. The lowest BCUT2D eigenvalue weighted by molar-refractivity contribution is 0.0694. The molecule has 0 spiro atoms. The van der Waals surface area contributed by atoms with Crippen LogP contribution in [0.1, 0.15) is 76.9 Å². The van der Waals surface area contributed by atoms with E-state index in [4.69, 9.17) is 0 Å². The topological polar surface area (TPSA) is 74.6 Å². The van der Waals surface area contributed by atoms with E-state index in [0.29, 0.717) is 22.3 Å². The lowest BCUT2D eigenvalue weighted by Gasteiger charge is -2.23. The van der Waals surface area contributed by atoms with E-state index in [9.17, 15) is 24.2 Å². The van der Waals surface area contributed by atoms with Crippen molar-refractivity contribution >= 4 is 11.9 Å². The number of rotatable bonds is 5. The molecular weight excluding hydrogens is 335 g/mol. The first kappa shape index (κ1) is 19.6. The highest BCUT2D eigenvalue weighted by Crippen LogP contribution is 2.39. The van der Waals surface area contributed by atoms with Gasteiger partial charge in [0.25, 0.3) is 0 Å². The van der Waals surface area contributed by atoms with Crippen LogP contribution < -0.4 is 0 Å². The van der Waals surface area contributed by atoms with Crippen LogP contribution >= 0.6 is 0 Å². The number of hydrogen-bond acceptors (Lipinski definition) is 2. The molecule has 0 unspecified atom stereocenters. The number of halogens is 1. The Balaban J connectivity index is 3.11. The molecule has 0 aromatic heterocycles. The number of carbonyl (C=O) groups is 2. The minimum atomic E-state index is -1.19. The summed E-state index contributed by atoms with van der Waals surface area (Å²) >= 11 is 0. The van der Waals surface area contributed by atoms with Crippen molar-refractivity contribution in [2.45, 2.75) is 46.5 Å². The van der Waals surface area contributed by atoms with Crippen LogP contribution in [0.3, 0.4) is 0 Å². The van der Waals surface area contributed by atoms with E-state index >= 15 is 0 Å². The van der Waals surface area contributed by atoms with Crippen LogP contribution in [0.15, 0.2) is 24.3 Å². The van der Waals surface area contributed by atoms with Gasteiger partial charge in [0.15, 0.2) is 0 Å². The summed E-state index contributed by atoms with van der Waals surface area (Å²) in [4.78, 5) is 24.2. The van der Waals surface area contributed by atoms with Crippen LogP contribution in [-0.2, 0) is 0 Å². The average molecular weight is 358 g/mol. The molecule has 0 aliphatic rings. The van der Waals surface area contributed by atoms with Crippen molar-refractivity contribution in [3.63, 3.8) is 0 Å². The molecule has 0 amide bonds. The van der Waals surface area contributed by atoms with Gasteiger partial charge in [-0.2, -0.15) is 0 Å². The zero-order valence-electron chi connectivity index (χ0n) is 15.6. The number of benzene rings is 2. The van der Waals surface area contributed by atoms with Gasteiger partial charge in [-0.15, -0.1) is 0 Å². The molecule has 0 heterocycles. The summed E-state index contributed by atoms with van der Waals surface area (Å²) in [6.45, 7) is 9.12. The highest BCUT2D eigenvalue weighted by molar-refractivity contribution is 6.07. The molecule has 26 heavy (non-hydrogen) atoms. The Hall–Kier alpha value is -2.69. The molecule has 0 fully saturated rings. The summed E-state index contributed by atoms with van der Waals surface area (Å²) in [5.74, 6) is -3.05. The maximum Gasteiger partial charge on any atom is 0.336 e. The van der Waals surface area contributed by atoms with E-state index in [1.807, 2.05) is 27.7 Å². The first-order valence-electron chi connectivity index (χ1n) is 8.50. The van der Waals surface area contributed by atoms with Crippen LogP contribution in [0.5, 0.6) is 0 Å². The van der Waals surface area contributed by atoms with Gasteiger partial charge >= 0.3 is 11.9 Å². The van der Waals surface area contributed by atoms with E-state index in [2.05, 4.69) is 0 Å². The molecule has 0 bridgehead atoms. The fraction of sp³-hybridized carbons (Fsp3) is 0.333. The third-order valence-corrected chi connectivity index (χ3v) is 4.52. The Labute approximate surface area is 152 Å². The first-order chi connectivity index (χ1) is 12.1. The van der Waals surface area contributed by atoms with Crippen molar-refractivity contribution < 1.29 is 24.2 Å². The molecule has 2 N–H and O–H groups in total.